The zero-order valence-electron chi connectivity index (χ0n) is 35.4. The molecular formula is C45H87N5O5. The molecule has 0 aromatic rings. The molecule has 0 heterocycles. The van der Waals surface area contributed by atoms with Gasteiger partial charge in [-0.05, 0) is 201 Å². The molecule has 12 saturated carbocycles. The van der Waals surface area contributed by atoms with Crippen LogP contribution in [0, 0.1) is 75.2 Å². The summed E-state index contributed by atoms with van der Waals surface area (Å²) in [6.07, 6.45) is 27.3. The van der Waals surface area contributed by atoms with Crippen molar-refractivity contribution in [3.8, 4) is 0 Å². The summed E-state index contributed by atoms with van der Waals surface area (Å²) in [5.74, 6) is 10.0. The van der Waals surface area contributed by atoms with Crippen LogP contribution in [-0.4, -0.2) is 58.5 Å². The average molecular weight is 778 g/mol. The van der Waals surface area contributed by atoms with Gasteiger partial charge in [-0.3, -0.25) is 15.5 Å². The van der Waals surface area contributed by atoms with Crippen LogP contribution in [0.15, 0.2) is 10.3 Å². The second-order valence-electron chi connectivity index (χ2n) is 20.9. The Hall–Kier alpha value is -1.36. The predicted octanol–water partition coefficient (Wildman–Crippen LogP) is 9.98. The molecule has 0 aromatic carbocycles. The molecule has 10 heteroatoms. The second-order valence-corrected chi connectivity index (χ2v) is 20.9. The second kappa shape index (κ2) is 21.6. The van der Waals surface area contributed by atoms with Gasteiger partial charge in [-0.1, -0.05) is 40.3 Å². The molecule has 0 aliphatic heterocycles. The number of hydrogen-bond acceptors (Lipinski definition) is 7. The number of aliphatic hydroxyl groups excluding tert-OH is 1. The van der Waals surface area contributed by atoms with E-state index in [4.69, 9.17) is 25.9 Å². The summed E-state index contributed by atoms with van der Waals surface area (Å²) in [5.41, 5.74) is 10.9. The van der Waals surface area contributed by atoms with Crippen molar-refractivity contribution in [2.24, 2.45) is 81.2 Å². The van der Waals surface area contributed by atoms with E-state index in [0.29, 0.717) is 35.9 Å². The Labute approximate surface area is 336 Å². The van der Waals surface area contributed by atoms with Crippen LogP contribution in [0.25, 0.3) is 0 Å². The molecule has 0 aromatic heterocycles. The highest BCUT2D eigenvalue weighted by atomic mass is 16.6. The predicted molar refractivity (Wildman–Crippen MR) is 225 cm³/mol. The molecule has 12 aliphatic rings. The van der Waals surface area contributed by atoms with Gasteiger partial charge in [0.1, 0.15) is 0 Å². The number of ether oxygens (including phenoxy) is 1. The molecular weight excluding hydrogens is 691 g/mol. The lowest BCUT2D eigenvalue weighted by atomic mass is 9.53. The highest BCUT2D eigenvalue weighted by Gasteiger charge is 2.53. The van der Waals surface area contributed by atoms with Gasteiger partial charge >= 0.3 is 0 Å². The van der Waals surface area contributed by atoms with Crippen LogP contribution in [0.4, 0.5) is 0 Å². The van der Waals surface area contributed by atoms with Gasteiger partial charge in [-0.2, -0.15) is 5.11 Å². The number of rotatable bonds is 10. The third kappa shape index (κ3) is 14.2. The molecule has 0 radical (unpaired) electrons. The Kier molecular flexibility index (Phi) is 18.8. The standard InChI is InChI=1S/C20H31N3.C10H17N.C5H11NO2.C5H12O.C4H10O.CH4.H2O/c1-13-2-15-3-14(1)8-19(7-13,9-15)21-23-22-20-10-16-4-17(11-20)6-18(5-16)12-20;11-10-4-7-1-8(5-10)3-9(2-7)6-10;1-5(2)3-4-6(7)8;1-5(2)3-4-6;1-3-5-4-2;;/h13-18H,1-12H2,(H,21,22);7-9H,1-6,11H2;5H,3-4H2,1-2H3;5-6H,3-4H2,1-2H3;3-4H2,1-2H3;1H4;1H2. The van der Waals surface area contributed by atoms with Gasteiger partial charge in [0.25, 0.3) is 0 Å². The Morgan fingerprint density at radius 2 is 1.04 bits per heavy atom. The van der Waals surface area contributed by atoms with Crippen molar-refractivity contribution in [2.45, 2.75) is 194 Å². The molecule has 0 spiro atoms. The first kappa shape index (κ1) is 48.0. The summed E-state index contributed by atoms with van der Waals surface area (Å²) in [4.78, 5) is 9.43. The summed E-state index contributed by atoms with van der Waals surface area (Å²) in [6, 6.07) is 0. The van der Waals surface area contributed by atoms with Gasteiger partial charge in [0.05, 0.1) is 11.1 Å². The molecule has 55 heavy (non-hydrogen) atoms. The molecule has 12 aliphatic carbocycles. The molecule has 0 saturated heterocycles. The zero-order valence-corrected chi connectivity index (χ0v) is 35.4. The van der Waals surface area contributed by atoms with E-state index in [0.717, 1.165) is 72.9 Å². The van der Waals surface area contributed by atoms with E-state index < -0.39 is 0 Å². The third-order valence-electron chi connectivity index (χ3n) is 14.7. The minimum Gasteiger partial charge on any atom is -0.412 e. The Morgan fingerprint density at radius 1 is 0.691 bits per heavy atom. The fourth-order valence-electron chi connectivity index (χ4n) is 13.7. The van der Waals surface area contributed by atoms with E-state index in [-0.39, 0.29) is 29.9 Å². The first-order chi connectivity index (χ1) is 25.2. The molecule has 10 nitrogen and oxygen atoms in total. The SMILES string of the molecule is C.C1C2CC3CC1CC(N=NNC14CC5CC(CC(C5)C1)C4)(C2)C3.CC(C)CCO.CC(C)CC[N+](=O)[O-].CCOCC.NC12CC3CC(CC(C3)C1)C2.O. The van der Waals surface area contributed by atoms with Gasteiger partial charge < -0.3 is 21.1 Å². The maximum Gasteiger partial charge on any atom is 0.204 e. The molecule has 0 unspecified atom stereocenters. The summed E-state index contributed by atoms with van der Waals surface area (Å²) in [7, 11) is 0. The highest BCUT2D eigenvalue weighted by Crippen LogP contribution is 2.58. The number of nitro groups is 1. The fraction of sp³-hybridized carbons (Fsp3) is 1.00. The summed E-state index contributed by atoms with van der Waals surface area (Å²) in [6.45, 7) is 14.2. The van der Waals surface area contributed by atoms with Crippen LogP contribution >= 0.6 is 0 Å². The van der Waals surface area contributed by atoms with Gasteiger partial charge in [0.15, 0.2) is 0 Å². The molecule has 12 bridgehead atoms. The monoisotopic (exact) mass is 778 g/mol. The van der Waals surface area contributed by atoms with Crippen molar-refractivity contribution in [2.75, 3.05) is 26.4 Å². The molecule has 0 atom stereocenters. The van der Waals surface area contributed by atoms with Crippen molar-refractivity contribution < 1.29 is 20.2 Å². The molecule has 12 fully saturated rings. The first-order valence-electron chi connectivity index (χ1n) is 22.5. The normalized spacial score (nSPS) is 40.1. The molecule has 12 rings (SSSR count). The minimum atomic E-state index is -0.278. The maximum absolute atomic E-state index is 9.71. The van der Waals surface area contributed by atoms with Crippen molar-refractivity contribution in [1.82, 2.24) is 5.43 Å². The van der Waals surface area contributed by atoms with Crippen LogP contribution < -0.4 is 11.2 Å². The van der Waals surface area contributed by atoms with Crippen molar-refractivity contribution in [3.05, 3.63) is 10.1 Å². The van der Waals surface area contributed by atoms with Crippen LogP contribution in [0.1, 0.15) is 177 Å². The maximum atomic E-state index is 9.71. The van der Waals surface area contributed by atoms with Gasteiger partial charge in [0, 0.05) is 36.7 Å². The third-order valence-corrected chi connectivity index (χ3v) is 14.7. The first-order valence-corrected chi connectivity index (χ1v) is 22.5. The number of nitrogens with one attached hydrogen (secondary N) is 1. The topological polar surface area (TPSA) is 167 Å². The van der Waals surface area contributed by atoms with Crippen LogP contribution in [-0.2, 0) is 4.74 Å². The average Bonchev–Trinajstić information content (AvgIpc) is 3.03. The quantitative estimate of drug-likeness (QED) is 0.113. The number of aliphatic hydroxyl groups is 1. The fourth-order valence-corrected chi connectivity index (χ4v) is 13.7. The molecule has 322 valence electrons. The summed E-state index contributed by atoms with van der Waals surface area (Å²) >= 11 is 0. The number of hydrogen-bond donors (Lipinski definition) is 3. The molecule has 6 N–H and O–H groups in total. The highest BCUT2D eigenvalue weighted by molar-refractivity contribution is 5.08. The van der Waals surface area contributed by atoms with E-state index in [1.165, 1.54) is 116 Å². The smallest absolute Gasteiger partial charge is 0.204 e. The van der Waals surface area contributed by atoms with Crippen LogP contribution in [0.2, 0.25) is 0 Å². The van der Waals surface area contributed by atoms with Crippen molar-refractivity contribution in [1.29, 1.82) is 0 Å². The van der Waals surface area contributed by atoms with E-state index in [1.54, 1.807) is 0 Å². The van der Waals surface area contributed by atoms with Crippen LogP contribution in [0.5, 0.6) is 0 Å². The largest absolute Gasteiger partial charge is 0.412 e. The number of nitrogens with two attached hydrogens (primary N) is 1. The van der Waals surface area contributed by atoms with Gasteiger partial charge in [-0.25, -0.2) is 0 Å². The summed E-state index contributed by atoms with van der Waals surface area (Å²) < 4.78 is 4.83. The van der Waals surface area contributed by atoms with E-state index in [9.17, 15) is 10.1 Å². The van der Waals surface area contributed by atoms with E-state index in [2.05, 4.69) is 19.3 Å². The van der Waals surface area contributed by atoms with Crippen molar-refractivity contribution in [3.63, 3.8) is 0 Å². The lowest BCUT2D eigenvalue weighted by Crippen LogP contribution is -2.57. The van der Waals surface area contributed by atoms with Crippen LogP contribution in [0.3, 0.4) is 0 Å². The Morgan fingerprint density at radius 3 is 1.27 bits per heavy atom. The Bertz CT molecular complexity index is 1050. The van der Waals surface area contributed by atoms with E-state index >= 15 is 0 Å². The Balaban J connectivity index is 0.000000214. The summed E-state index contributed by atoms with van der Waals surface area (Å²) in [5, 5.41) is 27.7. The van der Waals surface area contributed by atoms with Gasteiger partial charge in [0.2, 0.25) is 6.54 Å². The lowest BCUT2D eigenvalue weighted by Gasteiger charge is -2.56. The lowest BCUT2D eigenvalue weighted by molar-refractivity contribution is -0.481. The minimum absolute atomic E-state index is 0. The number of nitrogens with zero attached hydrogens (tertiary/aromatic N) is 3. The van der Waals surface area contributed by atoms with E-state index in [1.807, 2.05) is 27.7 Å². The van der Waals surface area contributed by atoms with Crippen molar-refractivity contribution >= 4 is 0 Å². The molecule has 0 amide bonds. The zero-order chi connectivity index (χ0) is 38.2. The van der Waals surface area contributed by atoms with Gasteiger partial charge in [-0.15, -0.1) is 0 Å².